The minimum absolute atomic E-state index is 0.0207. The molecule has 0 saturated carbocycles. The van der Waals surface area contributed by atoms with Gasteiger partial charge in [0.25, 0.3) is 5.69 Å². The fourth-order valence-corrected chi connectivity index (χ4v) is 1.48. The number of hydrogen-bond acceptors (Lipinski definition) is 4. The molecule has 1 amide bonds. The molecule has 0 saturated heterocycles. The number of non-ortho nitro benzene ring substituents is 1. The van der Waals surface area contributed by atoms with Crippen LogP contribution in [-0.4, -0.2) is 10.8 Å². The topological polar surface area (TPSA) is 85.4 Å². The second kappa shape index (κ2) is 4.70. The van der Waals surface area contributed by atoms with Crippen molar-refractivity contribution in [1.82, 2.24) is 0 Å². The highest BCUT2D eigenvalue weighted by Crippen LogP contribution is 2.26. The van der Waals surface area contributed by atoms with Crippen molar-refractivity contribution in [3.63, 3.8) is 0 Å². The second-order valence-corrected chi connectivity index (χ2v) is 3.65. The van der Waals surface area contributed by atoms with Gasteiger partial charge in [-0.1, -0.05) is 0 Å². The van der Waals surface area contributed by atoms with E-state index in [2.05, 4.69) is 5.32 Å². The predicted octanol–water partition coefficient (Wildman–Crippen LogP) is 2.81. The van der Waals surface area contributed by atoms with Crippen LogP contribution in [0.5, 0.6) is 0 Å². The van der Waals surface area contributed by atoms with Crippen LogP contribution in [0, 0.1) is 10.1 Å². The summed E-state index contributed by atoms with van der Waals surface area (Å²) in [7, 11) is 0. The molecule has 1 N–H and O–H groups in total. The highest BCUT2D eigenvalue weighted by molar-refractivity contribution is 5.87. The zero-order valence-corrected chi connectivity index (χ0v) is 9.54. The lowest BCUT2D eigenvalue weighted by atomic mass is 10.1. The largest absolute Gasteiger partial charge is 0.440 e. The summed E-state index contributed by atoms with van der Waals surface area (Å²) in [5, 5.41) is 13.0. The van der Waals surface area contributed by atoms with E-state index in [1.165, 1.54) is 19.1 Å². The molecule has 0 aliphatic rings. The Balaban J connectivity index is 2.23. The Morgan fingerprint density at radius 3 is 2.44 bits per heavy atom. The number of amides is 1. The smallest absolute Gasteiger partial charge is 0.269 e. The first-order chi connectivity index (χ1) is 8.56. The normalized spacial score (nSPS) is 10.1. The number of anilines is 1. The highest BCUT2D eigenvalue weighted by atomic mass is 16.6. The molecule has 2 rings (SSSR count). The van der Waals surface area contributed by atoms with E-state index >= 15 is 0 Å². The van der Waals surface area contributed by atoms with Gasteiger partial charge in [-0.25, -0.2) is 0 Å². The number of nitro groups is 1. The summed E-state index contributed by atoms with van der Waals surface area (Å²) in [5.74, 6) is 0.657. The first-order valence-corrected chi connectivity index (χ1v) is 5.18. The Morgan fingerprint density at radius 2 is 1.89 bits per heavy atom. The fourth-order valence-electron chi connectivity index (χ4n) is 1.48. The molecule has 6 nitrogen and oxygen atoms in total. The standard InChI is InChI=1S/C12H10N2O4/c1-8(15)13-12-7-6-11(18-12)9-2-4-10(5-3-9)14(16)17/h2-7H,1H3,(H,13,15). The summed E-state index contributed by atoms with van der Waals surface area (Å²) in [6.45, 7) is 1.38. The predicted molar refractivity (Wildman–Crippen MR) is 65.1 cm³/mol. The fraction of sp³-hybridized carbons (Fsp3) is 0.0833. The first-order valence-electron chi connectivity index (χ1n) is 5.18. The van der Waals surface area contributed by atoms with Crippen LogP contribution in [0.2, 0.25) is 0 Å². The van der Waals surface area contributed by atoms with Gasteiger partial charge in [-0.05, 0) is 18.2 Å². The quantitative estimate of drug-likeness (QED) is 0.666. The maximum Gasteiger partial charge on any atom is 0.269 e. The van der Waals surface area contributed by atoms with E-state index in [0.717, 1.165) is 0 Å². The van der Waals surface area contributed by atoms with E-state index in [0.29, 0.717) is 17.2 Å². The lowest BCUT2D eigenvalue weighted by molar-refractivity contribution is -0.384. The van der Waals surface area contributed by atoms with Crippen molar-refractivity contribution in [3.8, 4) is 11.3 Å². The van der Waals surface area contributed by atoms with E-state index in [9.17, 15) is 14.9 Å². The maximum atomic E-state index is 10.8. The van der Waals surface area contributed by atoms with Crippen LogP contribution in [-0.2, 0) is 4.79 Å². The monoisotopic (exact) mass is 246 g/mol. The number of hydrogen-bond donors (Lipinski definition) is 1. The van der Waals surface area contributed by atoms with Gasteiger partial charge in [0, 0.05) is 30.7 Å². The van der Waals surface area contributed by atoms with Gasteiger partial charge in [-0.3, -0.25) is 20.2 Å². The van der Waals surface area contributed by atoms with E-state index in [1.54, 1.807) is 24.3 Å². The summed E-state index contributed by atoms with van der Waals surface area (Å²) >= 11 is 0. The average molecular weight is 246 g/mol. The summed E-state index contributed by atoms with van der Waals surface area (Å²) in [4.78, 5) is 20.9. The molecule has 0 aliphatic carbocycles. The molecule has 0 spiro atoms. The van der Waals surface area contributed by atoms with Gasteiger partial charge >= 0.3 is 0 Å². The van der Waals surface area contributed by atoms with Gasteiger partial charge in [-0.15, -0.1) is 0 Å². The number of nitrogens with one attached hydrogen (secondary N) is 1. The molecule has 92 valence electrons. The molecule has 0 radical (unpaired) electrons. The molecule has 1 aromatic carbocycles. The van der Waals surface area contributed by atoms with Crippen molar-refractivity contribution in [2.24, 2.45) is 0 Å². The Labute approximate surface area is 102 Å². The number of benzene rings is 1. The molecule has 0 fully saturated rings. The Morgan fingerprint density at radius 1 is 1.22 bits per heavy atom. The SMILES string of the molecule is CC(=O)Nc1ccc(-c2ccc([N+](=O)[O-])cc2)o1. The van der Waals surface area contributed by atoms with E-state index in [-0.39, 0.29) is 11.6 Å². The molecule has 0 bridgehead atoms. The molecule has 0 atom stereocenters. The zero-order chi connectivity index (χ0) is 13.1. The minimum Gasteiger partial charge on any atom is -0.440 e. The molecular weight excluding hydrogens is 236 g/mol. The summed E-state index contributed by atoms with van der Waals surface area (Å²) < 4.78 is 5.38. The lowest BCUT2D eigenvalue weighted by Crippen LogP contribution is -2.04. The van der Waals surface area contributed by atoms with Gasteiger partial charge in [0.1, 0.15) is 5.76 Å². The van der Waals surface area contributed by atoms with Crippen LogP contribution in [0.3, 0.4) is 0 Å². The van der Waals surface area contributed by atoms with Crippen molar-refractivity contribution in [2.45, 2.75) is 6.92 Å². The molecule has 2 aromatic rings. The van der Waals surface area contributed by atoms with Crippen LogP contribution in [0.15, 0.2) is 40.8 Å². The average Bonchev–Trinajstić information content (AvgIpc) is 2.76. The minimum atomic E-state index is -0.464. The molecule has 1 heterocycles. The summed E-state index contributed by atoms with van der Waals surface area (Å²) in [5.41, 5.74) is 0.726. The van der Waals surface area contributed by atoms with Crippen LogP contribution >= 0.6 is 0 Å². The Bertz CT molecular complexity index is 586. The number of nitrogens with zero attached hydrogens (tertiary/aromatic N) is 1. The van der Waals surface area contributed by atoms with Gasteiger partial charge in [-0.2, -0.15) is 0 Å². The van der Waals surface area contributed by atoms with Gasteiger partial charge < -0.3 is 4.42 Å². The molecule has 0 unspecified atom stereocenters. The van der Waals surface area contributed by atoms with Crippen molar-refractivity contribution in [1.29, 1.82) is 0 Å². The van der Waals surface area contributed by atoms with Crippen molar-refractivity contribution in [3.05, 3.63) is 46.5 Å². The molecular formula is C12H10N2O4. The Kier molecular flexibility index (Phi) is 3.09. The third-order valence-electron chi connectivity index (χ3n) is 2.27. The lowest BCUT2D eigenvalue weighted by Gasteiger charge is -1.98. The number of rotatable bonds is 3. The van der Waals surface area contributed by atoms with E-state index in [1.807, 2.05) is 0 Å². The van der Waals surface area contributed by atoms with Crippen LogP contribution in [0.4, 0.5) is 11.6 Å². The van der Waals surface area contributed by atoms with Gasteiger partial charge in [0.05, 0.1) is 4.92 Å². The maximum absolute atomic E-state index is 10.8. The van der Waals surface area contributed by atoms with Crippen LogP contribution < -0.4 is 5.32 Å². The van der Waals surface area contributed by atoms with Crippen molar-refractivity contribution in [2.75, 3.05) is 5.32 Å². The molecule has 18 heavy (non-hydrogen) atoms. The van der Waals surface area contributed by atoms with Crippen molar-refractivity contribution < 1.29 is 14.1 Å². The third kappa shape index (κ3) is 2.54. The van der Waals surface area contributed by atoms with Crippen LogP contribution in [0.25, 0.3) is 11.3 Å². The number of nitro benzene ring substituents is 1. The molecule has 0 aliphatic heterocycles. The zero-order valence-electron chi connectivity index (χ0n) is 9.54. The number of furan rings is 1. The third-order valence-corrected chi connectivity index (χ3v) is 2.27. The number of carbonyl (C=O) groups excluding carboxylic acids is 1. The first kappa shape index (κ1) is 11.8. The number of carbonyl (C=O) groups is 1. The summed E-state index contributed by atoms with van der Waals surface area (Å²) in [6.07, 6.45) is 0. The Hall–Kier alpha value is -2.63. The second-order valence-electron chi connectivity index (χ2n) is 3.65. The molecule has 6 heteroatoms. The van der Waals surface area contributed by atoms with Crippen LogP contribution in [0.1, 0.15) is 6.92 Å². The van der Waals surface area contributed by atoms with Gasteiger partial charge in [0.2, 0.25) is 5.91 Å². The molecule has 1 aromatic heterocycles. The van der Waals surface area contributed by atoms with Crippen molar-refractivity contribution >= 4 is 17.5 Å². The highest BCUT2D eigenvalue weighted by Gasteiger charge is 2.08. The summed E-state index contributed by atoms with van der Waals surface area (Å²) in [6, 6.07) is 9.29. The van der Waals surface area contributed by atoms with E-state index in [4.69, 9.17) is 4.42 Å². The van der Waals surface area contributed by atoms with E-state index < -0.39 is 4.92 Å². The van der Waals surface area contributed by atoms with Gasteiger partial charge in [0.15, 0.2) is 5.88 Å².